The second-order valence-corrected chi connectivity index (χ2v) is 4.98. The molecule has 1 aliphatic rings. The summed E-state index contributed by atoms with van der Waals surface area (Å²) in [4.78, 5) is 4.36. The summed E-state index contributed by atoms with van der Waals surface area (Å²) < 4.78 is 7.16. The van der Waals surface area contributed by atoms with E-state index in [1.54, 1.807) is 7.11 Å². The predicted octanol–water partition coefficient (Wildman–Crippen LogP) is 1.31. The molecule has 0 aromatic carbocycles. The molecule has 0 amide bonds. The van der Waals surface area contributed by atoms with Crippen LogP contribution in [0.4, 0.5) is 0 Å². The number of nitrogens with one attached hydrogen (secondary N) is 1. The molecule has 0 unspecified atom stereocenters. The summed E-state index contributed by atoms with van der Waals surface area (Å²) in [6.45, 7) is 3.20. The van der Waals surface area contributed by atoms with Crippen LogP contribution in [0.5, 0.6) is 0 Å². The van der Waals surface area contributed by atoms with Crippen molar-refractivity contribution in [2.75, 3.05) is 20.3 Å². The summed E-state index contributed by atoms with van der Waals surface area (Å²) in [5, 5.41) is 12.1. The molecular formula is C13H20N4O. The van der Waals surface area contributed by atoms with Crippen molar-refractivity contribution < 1.29 is 4.74 Å². The molecule has 0 saturated heterocycles. The molecule has 1 aromatic heterocycles. The van der Waals surface area contributed by atoms with Crippen molar-refractivity contribution in [3.8, 4) is 6.07 Å². The van der Waals surface area contributed by atoms with Crippen LogP contribution in [0.2, 0.25) is 0 Å². The monoisotopic (exact) mass is 248 g/mol. The maximum atomic E-state index is 8.84. The third-order valence-electron chi connectivity index (χ3n) is 3.48. The minimum Gasteiger partial charge on any atom is -0.383 e. The van der Waals surface area contributed by atoms with Crippen molar-refractivity contribution in [1.29, 1.82) is 5.26 Å². The topological polar surface area (TPSA) is 62.9 Å². The Kier molecular flexibility index (Phi) is 4.34. The number of methoxy groups -OCH3 is 1. The van der Waals surface area contributed by atoms with Crippen LogP contribution >= 0.6 is 0 Å². The number of aromatic nitrogens is 2. The van der Waals surface area contributed by atoms with Crippen molar-refractivity contribution in [3.63, 3.8) is 0 Å². The summed E-state index contributed by atoms with van der Waals surface area (Å²) in [7, 11) is 1.70. The van der Waals surface area contributed by atoms with Gasteiger partial charge >= 0.3 is 0 Å². The molecule has 18 heavy (non-hydrogen) atoms. The zero-order valence-corrected chi connectivity index (χ0v) is 10.9. The van der Waals surface area contributed by atoms with E-state index in [9.17, 15) is 0 Å². The lowest BCUT2D eigenvalue weighted by Crippen LogP contribution is -2.22. The highest BCUT2D eigenvalue weighted by atomic mass is 16.5. The Bertz CT molecular complexity index is 417. The normalized spacial score (nSPS) is 16.4. The molecular weight excluding hydrogens is 228 g/mol. The van der Waals surface area contributed by atoms with Gasteiger partial charge in [0.25, 0.3) is 0 Å². The number of nitriles is 1. The van der Waals surface area contributed by atoms with Gasteiger partial charge in [-0.2, -0.15) is 5.26 Å². The van der Waals surface area contributed by atoms with Crippen molar-refractivity contribution in [2.45, 2.75) is 32.4 Å². The number of imidazole rings is 1. The van der Waals surface area contributed by atoms with Gasteiger partial charge in [0.15, 0.2) is 0 Å². The first kappa shape index (κ1) is 13.1. The first-order chi connectivity index (χ1) is 8.79. The zero-order valence-electron chi connectivity index (χ0n) is 10.9. The first-order valence-electron chi connectivity index (χ1n) is 6.36. The lowest BCUT2D eigenvalue weighted by atomic mass is 10.0. The van der Waals surface area contributed by atoms with E-state index in [-0.39, 0.29) is 5.41 Å². The van der Waals surface area contributed by atoms with Crippen LogP contribution in [0.3, 0.4) is 0 Å². The van der Waals surface area contributed by atoms with Crippen LogP contribution in [0.1, 0.15) is 25.1 Å². The number of rotatable bonds is 8. The predicted molar refractivity (Wildman–Crippen MR) is 67.7 cm³/mol. The van der Waals surface area contributed by atoms with Gasteiger partial charge in [0.05, 0.1) is 19.2 Å². The first-order valence-corrected chi connectivity index (χ1v) is 6.36. The highest BCUT2D eigenvalue weighted by Crippen LogP contribution is 2.50. The van der Waals surface area contributed by atoms with Gasteiger partial charge in [-0.15, -0.1) is 0 Å². The Morgan fingerprint density at radius 2 is 2.44 bits per heavy atom. The molecule has 1 heterocycles. The lowest BCUT2D eigenvalue weighted by molar-refractivity contribution is 0.198. The van der Waals surface area contributed by atoms with E-state index >= 15 is 0 Å². The summed E-state index contributed by atoms with van der Waals surface area (Å²) >= 11 is 0. The van der Waals surface area contributed by atoms with Gasteiger partial charge < -0.3 is 14.6 Å². The molecule has 0 aliphatic heterocycles. The minimum absolute atomic E-state index is 0.219. The summed E-state index contributed by atoms with van der Waals surface area (Å²) in [5.74, 6) is 1.04. The molecule has 1 N–H and O–H groups in total. The molecule has 1 aromatic rings. The number of nitrogens with zero attached hydrogens (tertiary/aromatic N) is 3. The quantitative estimate of drug-likeness (QED) is 0.705. The van der Waals surface area contributed by atoms with Crippen LogP contribution in [-0.4, -0.2) is 29.8 Å². The fourth-order valence-corrected chi connectivity index (χ4v) is 2.12. The molecule has 0 radical (unpaired) electrons. The molecule has 1 fully saturated rings. The van der Waals surface area contributed by atoms with Crippen LogP contribution in [0.25, 0.3) is 0 Å². The van der Waals surface area contributed by atoms with Gasteiger partial charge in [-0.1, -0.05) is 0 Å². The maximum Gasteiger partial charge on any atom is 0.122 e. The average molecular weight is 248 g/mol. The van der Waals surface area contributed by atoms with Crippen molar-refractivity contribution in [1.82, 2.24) is 14.9 Å². The SMILES string of the molecule is COCCNCc1nccn1CC1(CC#N)CC1. The van der Waals surface area contributed by atoms with Gasteiger partial charge in [-0.05, 0) is 12.8 Å². The Morgan fingerprint density at radius 3 is 3.11 bits per heavy atom. The zero-order chi connectivity index (χ0) is 12.8. The summed E-state index contributed by atoms with van der Waals surface area (Å²) in [6.07, 6.45) is 6.81. The molecule has 5 nitrogen and oxygen atoms in total. The second-order valence-electron chi connectivity index (χ2n) is 4.98. The number of hydrogen-bond acceptors (Lipinski definition) is 4. The van der Waals surface area contributed by atoms with E-state index in [0.29, 0.717) is 13.0 Å². The highest BCUT2D eigenvalue weighted by Gasteiger charge is 2.42. The molecule has 2 rings (SSSR count). The Morgan fingerprint density at radius 1 is 1.61 bits per heavy atom. The average Bonchev–Trinajstić information content (AvgIpc) is 2.97. The van der Waals surface area contributed by atoms with Gasteiger partial charge in [-0.25, -0.2) is 4.98 Å². The van der Waals surface area contributed by atoms with Gasteiger partial charge in [0.2, 0.25) is 0 Å². The molecule has 1 saturated carbocycles. The van der Waals surface area contributed by atoms with Crippen molar-refractivity contribution >= 4 is 0 Å². The van der Waals surface area contributed by atoms with Crippen LogP contribution in [0, 0.1) is 16.7 Å². The number of hydrogen-bond donors (Lipinski definition) is 1. The van der Waals surface area contributed by atoms with Crippen molar-refractivity contribution in [3.05, 3.63) is 18.2 Å². The molecule has 0 bridgehead atoms. The molecule has 5 heteroatoms. The third kappa shape index (κ3) is 3.31. The lowest BCUT2D eigenvalue weighted by Gasteiger charge is -2.14. The van der Waals surface area contributed by atoms with Crippen LogP contribution in [-0.2, 0) is 17.8 Å². The van der Waals surface area contributed by atoms with Crippen LogP contribution < -0.4 is 5.32 Å². The fraction of sp³-hybridized carbons (Fsp3) is 0.692. The summed E-state index contributed by atoms with van der Waals surface area (Å²) in [6, 6.07) is 2.30. The van der Waals surface area contributed by atoms with E-state index in [2.05, 4.69) is 20.9 Å². The third-order valence-corrected chi connectivity index (χ3v) is 3.48. The second kappa shape index (κ2) is 5.98. The van der Waals surface area contributed by atoms with E-state index in [1.165, 1.54) is 0 Å². The van der Waals surface area contributed by atoms with Gasteiger partial charge in [0, 0.05) is 44.4 Å². The van der Waals surface area contributed by atoms with Gasteiger partial charge in [0.1, 0.15) is 5.82 Å². The Labute approximate surface area is 108 Å². The maximum absolute atomic E-state index is 8.84. The molecule has 98 valence electrons. The number of ether oxygens (including phenoxy) is 1. The smallest absolute Gasteiger partial charge is 0.122 e. The van der Waals surface area contributed by atoms with E-state index in [4.69, 9.17) is 10.00 Å². The largest absolute Gasteiger partial charge is 0.383 e. The van der Waals surface area contributed by atoms with E-state index < -0.39 is 0 Å². The van der Waals surface area contributed by atoms with Crippen molar-refractivity contribution in [2.24, 2.45) is 5.41 Å². The van der Waals surface area contributed by atoms with E-state index in [1.807, 2.05) is 12.4 Å². The Balaban J connectivity index is 1.86. The highest BCUT2D eigenvalue weighted by molar-refractivity contribution is 5.02. The molecule has 0 atom stereocenters. The Hall–Kier alpha value is -1.38. The summed E-state index contributed by atoms with van der Waals surface area (Å²) in [5.41, 5.74) is 0.219. The standard InChI is InChI=1S/C13H20N4O/c1-18-9-7-15-10-12-16-6-8-17(12)11-13(2-3-13)4-5-14/h6,8,15H,2-4,7,9-11H2,1H3. The molecule has 0 spiro atoms. The van der Waals surface area contributed by atoms with E-state index in [0.717, 1.165) is 38.3 Å². The van der Waals surface area contributed by atoms with Crippen LogP contribution in [0.15, 0.2) is 12.4 Å². The molecule has 1 aliphatic carbocycles. The van der Waals surface area contributed by atoms with Gasteiger partial charge in [-0.3, -0.25) is 0 Å². The fourth-order valence-electron chi connectivity index (χ4n) is 2.12. The minimum atomic E-state index is 0.219.